The van der Waals surface area contributed by atoms with E-state index in [1.165, 1.54) is 11.3 Å². The summed E-state index contributed by atoms with van der Waals surface area (Å²) in [7, 11) is 4.03. The molecule has 0 heterocycles. The zero-order chi connectivity index (χ0) is 15.2. The van der Waals surface area contributed by atoms with Gasteiger partial charge in [0.25, 0.3) is 0 Å². The molecule has 0 aliphatic heterocycles. The first-order valence-electron chi connectivity index (χ1n) is 7.77. The molecule has 0 bridgehead atoms. The highest BCUT2D eigenvalue weighted by atomic mass is 16.3. The van der Waals surface area contributed by atoms with Gasteiger partial charge in [-0.2, -0.15) is 0 Å². The van der Waals surface area contributed by atoms with Crippen molar-refractivity contribution in [3.8, 4) is 0 Å². The van der Waals surface area contributed by atoms with Crippen molar-refractivity contribution >= 4 is 11.6 Å². The van der Waals surface area contributed by atoms with Gasteiger partial charge < -0.3 is 15.3 Å². The number of anilines is 1. The van der Waals surface area contributed by atoms with Crippen LogP contribution in [0, 0.1) is 5.92 Å². The fraction of sp³-hybridized carbons (Fsp3) is 0.588. The summed E-state index contributed by atoms with van der Waals surface area (Å²) in [6, 6.07) is 8.29. The maximum absolute atomic E-state index is 11.9. The lowest BCUT2D eigenvalue weighted by molar-refractivity contribution is -0.121. The molecule has 1 amide bonds. The average molecular weight is 290 g/mol. The number of amides is 1. The van der Waals surface area contributed by atoms with E-state index < -0.39 is 0 Å². The van der Waals surface area contributed by atoms with E-state index in [9.17, 15) is 9.90 Å². The zero-order valence-corrected chi connectivity index (χ0v) is 13.0. The molecule has 2 unspecified atom stereocenters. The van der Waals surface area contributed by atoms with Crippen molar-refractivity contribution in [2.45, 2.75) is 38.2 Å². The Labute approximate surface area is 127 Å². The number of benzene rings is 1. The summed E-state index contributed by atoms with van der Waals surface area (Å²) in [5, 5.41) is 12.7. The number of nitrogens with one attached hydrogen (secondary N) is 1. The first-order chi connectivity index (χ1) is 10.1. The van der Waals surface area contributed by atoms with Crippen molar-refractivity contribution in [1.29, 1.82) is 0 Å². The smallest absolute Gasteiger partial charge is 0.220 e. The van der Waals surface area contributed by atoms with E-state index in [1.807, 2.05) is 14.1 Å². The molecule has 2 rings (SSSR count). The molecule has 0 saturated heterocycles. The van der Waals surface area contributed by atoms with Crippen molar-refractivity contribution in [2.24, 2.45) is 5.92 Å². The molecule has 0 spiro atoms. The Hall–Kier alpha value is -1.55. The molecule has 21 heavy (non-hydrogen) atoms. The van der Waals surface area contributed by atoms with E-state index in [0.29, 0.717) is 13.0 Å². The van der Waals surface area contributed by atoms with Gasteiger partial charge in [-0.1, -0.05) is 18.6 Å². The Morgan fingerprint density at radius 3 is 2.57 bits per heavy atom. The third kappa shape index (κ3) is 4.74. The number of carbonyl (C=O) groups is 1. The molecule has 2 N–H and O–H groups in total. The van der Waals surface area contributed by atoms with Crippen LogP contribution >= 0.6 is 0 Å². The fourth-order valence-electron chi connectivity index (χ4n) is 2.81. The van der Waals surface area contributed by atoms with Crippen LogP contribution in [0.3, 0.4) is 0 Å². The summed E-state index contributed by atoms with van der Waals surface area (Å²) in [4.78, 5) is 13.9. The Morgan fingerprint density at radius 1 is 1.29 bits per heavy atom. The van der Waals surface area contributed by atoms with Crippen LogP contribution in [0.5, 0.6) is 0 Å². The molecule has 0 radical (unpaired) electrons. The van der Waals surface area contributed by atoms with Gasteiger partial charge in [0.2, 0.25) is 5.91 Å². The summed E-state index contributed by atoms with van der Waals surface area (Å²) in [5.41, 5.74) is 2.34. The van der Waals surface area contributed by atoms with Gasteiger partial charge in [-0.05, 0) is 37.0 Å². The normalized spacial score (nSPS) is 21.3. The summed E-state index contributed by atoms with van der Waals surface area (Å²) in [5.74, 6) is 0.319. The highest BCUT2D eigenvalue weighted by molar-refractivity contribution is 5.76. The van der Waals surface area contributed by atoms with Gasteiger partial charge in [0, 0.05) is 38.7 Å². The maximum atomic E-state index is 11.9. The van der Waals surface area contributed by atoms with Crippen molar-refractivity contribution in [2.75, 3.05) is 25.5 Å². The molecule has 1 aromatic rings. The molecule has 2 atom stereocenters. The van der Waals surface area contributed by atoms with Gasteiger partial charge in [-0.3, -0.25) is 4.79 Å². The third-order valence-electron chi connectivity index (χ3n) is 4.27. The Kier molecular flexibility index (Phi) is 5.62. The van der Waals surface area contributed by atoms with Crippen LogP contribution in [0.1, 0.15) is 31.2 Å². The Morgan fingerprint density at radius 2 is 2.00 bits per heavy atom. The van der Waals surface area contributed by atoms with E-state index in [0.717, 1.165) is 25.7 Å². The lowest BCUT2D eigenvalue weighted by Gasteiger charge is -2.15. The molecule has 4 nitrogen and oxygen atoms in total. The summed E-state index contributed by atoms with van der Waals surface area (Å²) in [6.07, 6.45) is 3.99. The Balaban J connectivity index is 1.71. The number of carbonyl (C=O) groups excluding carboxylic acids is 1. The number of hydrogen-bond acceptors (Lipinski definition) is 3. The minimum absolute atomic E-state index is 0.0748. The summed E-state index contributed by atoms with van der Waals surface area (Å²) < 4.78 is 0. The van der Waals surface area contributed by atoms with E-state index in [4.69, 9.17) is 0 Å². The van der Waals surface area contributed by atoms with Crippen LogP contribution in [-0.2, 0) is 11.2 Å². The first kappa shape index (κ1) is 15.8. The lowest BCUT2D eigenvalue weighted by Crippen LogP contribution is -2.32. The van der Waals surface area contributed by atoms with Gasteiger partial charge in [0.05, 0.1) is 6.10 Å². The second-order valence-electron chi connectivity index (χ2n) is 6.12. The van der Waals surface area contributed by atoms with Gasteiger partial charge in [0.1, 0.15) is 0 Å². The molecular weight excluding hydrogens is 264 g/mol. The standard InChI is InChI=1S/C17H26N2O2/c1-19(2)15-9-6-13(7-10-15)8-11-17(21)18-12-14-4-3-5-16(14)20/h6-7,9-10,14,16,20H,3-5,8,11-12H2,1-2H3,(H,18,21). The number of aryl methyl sites for hydroxylation is 1. The molecule has 1 saturated carbocycles. The molecule has 1 aromatic carbocycles. The molecule has 1 aliphatic carbocycles. The largest absolute Gasteiger partial charge is 0.393 e. The van der Waals surface area contributed by atoms with Gasteiger partial charge >= 0.3 is 0 Å². The highest BCUT2D eigenvalue weighted by Crippen LogP contribution is 2.24. The number of nitrogens with zero attached hydrogens (tertiary/aromatic N) is 1. The molecule has 1 aliphatic rings. The predicted molar refractivity (Wildman–Crippen MR) is 85.4 cm³/mol. The predicted octanol–water partition coefficient (Wildman–Crippen LogP) is 1.96. The van der Waals surface area contributed by atoms with Crippen LogP contribution < -0.4 is 10.2 Å². The molecular formula is C17H26N2O2. The van der Waals surface area contributed by atoms with Crippen LogP contribution in [0.2, 0.25) is 0 Å². The van der Waals surface area contributed by atoms with Crippen molar-refractivity contribution < 1.29 is 9.90 Å². The van der Waals surface area contributed by atoms with E-state index in [1.54, 1.807) is 0 Å². The summed E-state index contributed by atoms with van der Waals surface area (Å²) >= 11 is 0. The minimum Gasteiger partial charge on any atom is -0.393 e. The van der Waals surface area contributed by atoms with E-state index >= 15 is 0 Å². The minimum atomic E-state index is -0.233. The van der Waals surface area contributed by atoms with E-state index in [2.05, 4.69) is 34.5 Å². The van der Waals surface area contributed by atoms with Gasteiger partial charge in [0.15, 0.2) is 0 Å². The van der Waals surface area contributed by atoms with Crippen LogP contribution in [0.4, 0.5) is 5.69 Å². The average Bonchev–Trinajstić information content (AvgIpc) is 2.88. The SMILES string of the molecule is CN(C)c1ccc(CCC(=O)NCC2CCCC2O)cc1. The second-order valence-corrected chi connectivity index (χ2v) is 6.12. The summed E-state index contributed by atoms with van der Waals surface area (Å²) in [6.45, 7) is 0.611. The quantitative estimate of drug-likeness (QED) is 0.842. The van der Waals surface area contributed by atoms with Crippen LogP contribution in [0.25, 0.3) is 0 Å². The number of hydrogen-bond donors (Lipinski definition) is 2. The molecule has 116 valence electrons. The number of aliphatic hydroxyl groups excluding tert-OH is 1. The maximum Gasteiger partial charge on any atom is 0.220 e. The zero-order valence-electron chi connectivity index (χ0n) is 13.0. The van der Waals surface area contributed by atoms with Crippen molar-refractivity contribution in [1.82, 2.24) is 5.32 Å². The number of aliphatic hydroxyl groups is 1. The van der Waals surface area contributed by atoms with Crippen molar-refractivity contribution in [3.05, 3.63) is 29.8 Å². The van der Waals surface area contributed by atoms with Gasteiger partial charge in [-0.25, -0.2) is 0 Å². The second kappa shape index (κ2) is 7.46. The molecule has 1 fully saturated rings. The van der Waals surface area contributed by atoms with Crippen LogP contribution in [-0.4, -0.2) is 37.8 Å². The van der Waals surface area contributed by atoms with Gasteiger partial charge in [-0.15, -0.1) is 0 Å². The Bertz CT molecular complexity index is 456. The number of rotatable bonds is 6. The van der Waals surface area contributed by atoms with Crippen LogP contribution in [0.15, 0.2) is 24.3 Å². The highest BCUT2D eigenvalue weighted by Gasteiger charge is 2.25. The molecule has 4 heteroatoms. The third-order valence-corrected chi connectivity index (χ3v) is 4.27. The first-order valence-corrected chi connectivity index (χ1v) is 7.77. The lowest BCUT2D eigenvalue weighted by atomic mass is 10.1. The van der Waals surface area contributed by atoms with Crippen molar-refractivity contribution in [3.63, 3.8) is 0 Å². The topological polar surface area (TPSA) is 52.6 Å². The van der Waals surface area contributed by atoms with E-state index in [-0.39, 0.29) is 17.9 Å². The fourth-order valence-corrected chi connectivity index (χ4v) is 2.81. The monoisotopic (exact) mass is 290 g/mol. The molecule has 0 aromatic heterocycles.